The van der Waals surface area contributed by atoms with Crippen LogP contribution in [0, 0.1) is 5.92 Å². The third-order valence-electron chi connectivity index (χ3n) is 5.34. The van der Waals surface area contributed by atoms with Crippen LogP contribution in [0.25, 0.3) is 0 Å². The van der Waals surface area contributed by atoms with Crippen molar-refractivity contribution in [2.24, 2.45) is 5.92 Å². The van der Waals surface area contributed by atoms with Crippen LogP contribution in [0.5, 0.6) is 0 Å². The van der Waals surface area contributed by atoms with Gasteiger partial charge in [0.25, 0.3) is 5.91 Å². The van der Waals surface area contributed by atoms with Crippen molar-refractivity contribution in [1.29, 1.82) is 0 Å². The first-order valence-corrected chi connectivity index (χ1v) is 11.4. The summed E-state index contributed by atoms with van der Waals surface area (Å²) in [5, 5.41) is 2.82. The summed E-state index contributed by atoms with van der Waals surface area (Å²) in [6, 6.07) is 5.79. The Morgan fingerprint density at radius 1 is 1.11 bits per heavy atom. The van der Waals surface area contributed by atoms with Crippen LogP contribution in [-0.4, -0.2) is 50.3 Å². The van der Waals surface area contributed by atoms with E-state index >= 15 is 0 Å². The zero-order valence-electron chi connectivity index (χ0n) is 16.2. The number of ether oxygens (including phenoxy) is 1. The minimum absolute atomic E-state index is 0.0923. The van der Waals surface area contributed by atoms with Crippen molar-refractivity contribution in [3.63, 3.8) is 0 Å². The van der Waals surface area contributed by atoms with Crippen LogP contribution < -0.4 is 5.32 Å². The average molecular weight is 409 g/mol. The van der Waals surface area contributed by atoms with Gasteiger partial charge in [0.05, 0.1) is 10.5 Å². The summed E-state index contributed by atoms with van der Waals surface area (Å²) in [7, 11) is -3.55. The summed E-state index contributed by atoms with van der Waals surface area (Å²) < 4.78 is 32.1. The van der Waals surface area contributed by atoms with Crippen molar-refractivity contribution >= 4 is 21.9 Å². The molecule has 0 spiro atoms. The molecule has 2 fully saturated rings. The van der Waals surface area contributed by atoms with Gasteiger partial charge in [-0.3, -0.25) is 4.79 Å². The molecular formula is C20H28N2O5S. The second-order valence-electron chi connectivity index (χ2n) is 7.61. The fourth-order valence-corrected chi connectivity index (χ4v) is 4.94. The lowest BCUT2D eigenvalue weighted by atomic mass is 10.2. The van der Waals surface area contributed by atoms with Crippen LogP contribution in [0.3, 0.4) is 0 Å². The number of hydrogen-bond acceptors (Lipinski definition) is 5. The standard InChI is InChI=1S/C20H28N2O5S/c1-15(16-6-7-16)21-19(23)14-27-20(24)17-8-10-18(11-9-17)28(25,26)22-12-4-2-3-5-13-22/h8-11,15-16H,2-7,12-14H2,1H3,(H,21,23)/t15-/m1/s1. The lowest BCUT2D eigenvalue weighted by molar-refractivity contribution is -0.124. The van der Waals surface area contributed by atoms with E-state index in [9.17, 15) is 18.0 Å². The highest BCUT2D eigenvalue weighted by atomic mass is 32.2. The lowest BCUT2D eigenvalue weighted by Gasteiger charge is -2.20. The molecule has 154 valence electrons. The third-order valence-corrected chi connectivity index (χ3v) is 7.26. The molecule has 1 saturated carbocycles. The number of benzene rings is 1. The average Bonchev–Trinajstić information content (AvgIpc) is 3.53. The number of esters is 1. The molecule has 1 aromatic rings. The summed E-state index contributed by atoms with van der Waals surface area (Å²) >= 11 is 0. The van der Waals surface area contributed by atoms with E-state index in [4.69, 9.17) is 4.74 Å². The Morgan fingerprint density at radius 3 is 2.29 bits per heavy atom. The van der Waals surface area contributed by atoms with Gasteiger partial charge in [0.2, 0.25) is 10.0 Å². The number of carbonyl (C=O) groups is 2. The zero-order valence-corrected chi connectivity index (χ0v) is 17.0. The molecule has 2 aliphatic rings. The topological polar surface area (TPSA) is 92.8 Å². The Hall–Kier alpha value is -1.93. The highest BCUT2D eigenvalue weighted by Crippen LogP contribution is 2.32. The lowest BCUT2D eigenvalue weighted by Crippen LogP contribution is -2.37. The quantitative estimate of drug-likeness (QED) is 0.699. The molecule has 7 nitrogen and oxygen atoms in total. The highest BCUT2D eigenvalue weighted by Gasteiger charge is 2.29. The van der Waals surface area contributed by atoms with Gasteiger partial charge in [0.15, 0.2) is 6.61 Å². The maximum absolute atomic E-state index is 12.8. The molecule has 1 aliphatic heterocycles. The first-order chi connectivity index (χ1) is 13.4. The van der Waals surface area contributed by atoms with Crippen molar-refractivity contribution in [2.75, 3.05) is 19.7 Å². The van der Waals surface area contributed by atoms with Gasteiger partial charge in [0, 0.05) is 19.1 Å². The largest absolute Gasteiger partial charge is 0.452 e. The third kappa shape index (κ3) is 5.32. The van der Waals surface area contributed by atoms with Gasteiger partial charge < -0.3 is 10.1 Å². The molecule has 1 N–H and O–H groups in total. The van der Waals surface area contributed by atoms with Gasteiger partial charge in [-0.05, 0) is 62.8 Å². The molecule has 1 aromatic carbocycles. The second kappa shape index (κ2) is 9.05. The smallest absolute Gasteiger partial charge is 0.338 e. The molecule has 0 bridgehead atoms. The molecule has 1 saturated heterocycles. The van der Waals surface area contributed by atoms with Crippen molar-refractivity contribution in [3.05, 3.63) is 29.8 Å². The fourth-order valence-electron chi connectivity index (χ4n) is 3.42. The number of rotatable bonds is 7. The van der Waals surface area contributed by atoms with Gasteiger partial charge in [-0.1, -0.05) is 12.8 Å². The van der Waals surface area contributed by atoms with Crippen LogP contribution >= 0.6 is 0 Å². The number of nitrogens with one attached hydrogen (secondary N) is 1. The predicted octanol–water partition coefficient (Wildman–Crippen LogP) is 2.32. The monoisotopic (exact) mass is 408 g/mol. The van der Waals surface area contributed by atoms with E-state index in [1.54, 1.807) is 0 Å². The van der Waals surface area contributed by atoms with E-state index in [-0.39, 0.29) is 29.0 Å². The Morgan fingerprint density at radius 2 is 1.71 bits per heavy atom. The summed E-state index contributed by atoms with van der Waals surface area (Å²) in [6.07, 6.45) is 6.06. The second-order valence-corrected chi connectivity index (χ2v) is 9.55. The van der Waals surface area contributed by atoms with Gasteiger partial charge in [-0.25, -0.2) is 13.2 Å². The Balaban J connectivity index is 1.55. The maximum atomic E-state index is 12.8. The van der Waals surface area contributed by atoms with Crippen LogP contribution in [-0.2, 0) is 19.6 Å². The number of sulfonamides is 1. The zero-order chi connectivity index (χ0) is 20.1. The Bertz CT molecular complexity index is 794. The molecule has 0 radical (unpaired) electrons. The normalized spacial score (nSPS) is 19.5. The molecule has 1 atom stereocenters. The summed E-state index contributed by atoms with van der Waals surface area (Å²) in [5.74, 6) is -0.445. The van der Waals surface area contributed by atoms with Crippen molar-refractivity contribution in [2.45, 2.75) is 56.4 Å². The molecule has 1 amide bonds. The molecule has 1 aliphatic carbocycles. The summed E-state index contributed by atoms with van der Waals surface area (Å²) in [5.41, 5.74) is 0.220. The molecule has 1 heterocycles. The molecule has 0 aromatic heterocycles. The Kier molecular flexibility index (Phi) is 6.72. The van der Waals surface area contributed by atoms with Crippen LogP contribution in [0.15, 0.2) is 29.2 Å². The number of amides is 1. The van der Waals surface area contributed by atoms with Crippen LogP contribution in [0.1, 0.15) is 55.8 Å². The van der Waals surface area contributed by atoms with Crippen molar-refractivity contribution in [1.82, 2.24) is 9.62 Å². The van der Waals surface area contributed by atoms with E-state index in [0.717, 1.165) is 38.5 Å². The number of nitrogens with zero attached hydrogens (tertiary/aromatic N) is 1. The van der Waals surface area contributed by atoms with E-state index < -0.39 is 16.0 Å². The van der Waals surface area contributed by atoms with Gasteiger partial charge >= 0.3 is 5.97 Å². The van der Waals surface area contributed by atoms with E-state index in [0.29, 0.717) is 19.0 Å². The van der Waals surface area contributed by atoms with Gasteiger partial charge in [-0.15, -0.1) is 0 Å². The highest BCUT2D eigenvalue weighted by molar-refractivity contribution is 7.89. The molecular weight excluding hydrogens is 380 g/mol. The van der Waals surface area contributed by atoms with E-state index in [2.05, 4.69) is 5.32 Å². The van der Waals surface area contributed by atoms with E-state index in [1.807, 2.05) is 6.92 Å². The first kappa shape index (κ1) is 20.8. The van der Waals surface area contributed by atoms with Crippen LogP contribution in [0.2, 0.25) is 0 Å². The Labute approximate surface area is 166 Å². The van der Waals surface area contributed by atoms with Crippen molar-refractivity contribution in [3.8, 4) is 0 Å². The molecule has 0 unspecified atom stereocenters. The first-order valence-electron chi connectivity index (χ1n) is 9.94. The SMILES string of the molecule is C[C@@H](NC(=O)COC(=O)c1ccc(S(=O)(=O)N2CCCCCC2)cc1)C1CC1. The van der Waals surface area contributed by atoms with Gasteiger partial charge in [0.1, 0.15) is 0 Å². The molecule has 28 heavy (non-hydrogen) atoms. The summed E-state index contributed by atoms with van der Waals surface area (Å²) in [6.45, 7) is 2.66. The van der Waals surface area contributed by atoms with Crippen LogP contribution in [0.4, 0.5) is 0 Å². The predicted molar refractivity (Wildman–Crippen MR) is 104 cm³/mol. The summed E-state index contributed by atoms with van der Waals surface area (Å²) in [4.78, 5) is 24.1. The van der Waals surface area contributed by atoms with Crippen molar-refractivity contribution < 1.29 is 22.7 Å². The minimum Gasteiger partial charge on any atom is -0.452 e. The number of hydrogen-bond donors (Lipinski definition) is 1. The van der Waals surface area contributed by atoms with Gasteiger partial charge in [-0.2, -0.15) is 4.31 Å². The molecule has 3 rings (SSSR count). The fraction of sp³-hybridized carbons (Fsp3) is 0.600. The maximum Gasteiger partial charge on any atom is 0.338 e. The molecule has 8 heteroatoms. The number of carbonyl (C=O) groups excluding carboxylic acids is 2. The van der Waals surface area contributed by atoms with E-state index in [1.165, 1.54) is 28.6 Å². The minimum atomic E-state index is -3.55.